The predicted molar refractivity (Wildman–Crippen MR) is 182 cm³/mol. The second-order valence-corrected chi connectivity index (χ2v) is 12.9. The molecule has 1 atom stereocenters. The van der Waals surface area contributed by atoms with Gasteiger partial charge >= 0.3 is 11.9 Å². The van der Waals surface area contributed by atoms with Gasteiger partial charge in [-0.1, -0.05) is 43.7 Å². The number of carboxylic acids is 1. The summed E-state index contributed by atoms with van der Waals surface area (Å²) in [6, 6.07) is 21.3. The third-order valence-electron chi connectivity index (χ3n) is 7.74. The predicted octanol–water partition coefficient (Wildman–Crippen LogP) is 9.52. The number of aryl methyl sites for hydroxylation is 1. The number of benzene rings is 4. The number of hydrogen-bond acceptors (Lipinski definition) is 5. The Hall–Kier alpha value is -4.08. The Kier molecular flexibility index (Phi) is 9.70. The van der Waals surface area contributed by atoms with Gasteiger partial charge in [0.05, 0.1) is 35.1 Å². The van der Waals surface area contributed by atoms with Gasteiger partial charge in [0, 0.05) is 34.1 Å². The Morgan fingerprint density at radius 1 is 0.889 bits per heavy atom. The summed E-state index contributed by atoms with van der Waals surface area (Å²) in [5.41, 5.74) is 6.85. The molecule has 0 aliphatic carbocycles. The maximum Gasteiger partial charge on any atom is 0.337 e. The van der Waals surface area contributed by atoms with Crippen LogP contribution in [0.5, 0.6) is 17.2 Å². The molecular formula is C36H33Br2NO6. The van der Waals surface area contributed by atoms with Crippen molar-refractivity contribution in [2.75, 3.05) is 14.2 Å². The standard InChI is InChI=1S/C36H33Br2NO6/c1-19(2)24-16-32(45-35-28(37)12-21(13-29(35)38)14-33(40)41)26(17-31(24)43-4)34(22-8-6-7-20(3)11-22)27-18-39-30-10-9-23(15-25(27)30)36(42)44-5/h6-13,15-19,34,39H,14H2,1-5H3,(H,40,41). The van der Waals surface area contributed by atoms with Crippen LogP contribution < -0.4 is 9.47 Å². The molecule has 0 saturated heterocycles. The molecule has 9 heteroatoms. The van der Waals surface area contributed by atoms with Gasteiger partial charge < -0.3 is 24.3 Å². The van der Waals surface area contributed by atoms with E-state index in [1.165, 1.54) is 7.11 Å². The second-order valence-electron chi connectivity index (χ2n) is 11.2. The van der Waals surface area contributed by atoms with Crippen molar-refractivity contribution in [3.05, 3.63) is 121 Å². The summed E-state index contributed by atoms with van der Waals surface area (Å²) in [5, 5.41) is 10.2. The molecule has 232 valence electrons. The van der Waals surface area contributed by atoms with Gasteiger partial charge in [-0.25, -0.2) is 4.79 Å². The van der Waals surface area contributed by atoms with Crippen molar-refractivity contribution in [3.8, 4) is 17.2 Å². The number of hydrogen-bond donors (Lipinski definition) is 2. The number of rotatable bonds is 10. The number of nitrogens with one attached hydrogen (secondary N) is 1. The van der Waals surface area contributed by atoms with Gasteiger partial charge in [0.25, 0.3) is 0 Å². The average molecular weight is 735 g/mol. The zero-order valence-corrected chi connectivity index (χ0v) is 28.7. The van der Waals surface area contributed by atoms with E-state index in [0.717, 1.165) is 44.5 Å². The van der Waals surface area contributed by atoms with Crippen LogP contribution in [0, 0.1) is 6.92 Å². The van der Waals surface area contributed by atoms with E-state index >= 15 is 0 Å². The third-order valence-corrected chi connectivity index (χ3v) is 8.92. The second kappa shape index (κ2) is 13.5. The van der Waals surface area contributed by atoms with Crippen molar-refractivity contribution in [3.63, 3.8) is 0 Å². The van der Waals surface area contributed by atoms with E-state index in [9.17, 15) is 14.7 Å². The number of carboxylic acid groups (broad SMARTS) is 1. The Labute approximate surface area is 278 Å². The highest BCUT2D eigenvalue weighted by atomic mass is 79.9. The van der Waals surface area contributed by atoms with Gasteiger partial charge in [-0.15, -0.1) is 0 Å². The maximum absolute atomic E-state index is 12.5. The van der Waals surface area contributed by atoms with E-state index in [0.29, 0.717) is 31.6 Å². The zero-order valence-electron chi connectivity index (χ0n) is 25.5. The molecule has 1 aromatic heterocycles. The lowest BCUT2D eigenvalue weighted by Gasteiger charge is -2.25. The molecule has 0 amide bonds. The van der Waals surface area contributed by atoms with Gasteiger partial charge in [0.1, 0.15) is 11.5 Å². The Morgan fingerprint density at radius 2 is 1.60 bits per heavy atom. The molecule has 2 N–H and O–H groups in total. The number of ether oxygens (including phenoxy) is 3. The third kappa shape index (κ3) is 6.79. The molecule has 45 heavy (non-hydrogen) atoms. The minimum Gasteiger partial charge on any atom is -0.496 e. The van der Waals surface area contributed by atoms with Crippen LogP contribution in [-0.2, 0) is 16.0 Å². The molecule has 0 aliphatic rings. The number of esters is 1. The Morgan fingerprint density at radius 3 is 2.22 bits per heavy atom. The molecule has 0 saturated carbocycles. The lowest BCUT2D eigenvalue weighted by molar-refractivity contribution is -0.136. The van der Waals surface area contributed by atoms with Crippen LogP contribution in [0.3, 0.4) is 0 Å². The summed E-state index contributed by atoms with van der Waals surface area (Å²) < 4.78 is 18.9. The van der Waals surface area contributed by atoms with Crippen molar-refractivity contribution >= 4 is 54.7 Å². The molecule has 0 spiro atoms. The first-order valence-corrected chi connectivity index (χ1v) is 15.9. The number of H-pyrrole nitrogens is 1. The van der Waals surface area contributed by atoms with Crippen LogP contribution in [0.4, 0.5) is 0 Å². The first kappa shape index (κ1) is 32.3. The fourth-order valence-electron chi connectivity index (χ4n) is 5.63. The van der Waals surface area contributed by atoms with E-state index < -0.39 is 11.9 Å². The number of carbonyl (C=O) groups excluding carboxylic acids is 1. The number of aromatic nitrogens is 1. The van der Waals surface area contributed by atoms with E-state index in [1.54, 1.807) is 25.3 Å². The molecular weight excluding hydrogens is 702 g/mol. The van der Waals surface area contributed by atoms with Gasteiger partial charge in [0.2, 0.25) is 0 Å². The fraction of sp³-hybridized carbons (Fsp3) is 0.222. The number of aliphatic carboxylic acids is 1. The molecule has 1 heterocycles. The van der Waals surface area contributed by atoms with Crippen molar-refractivity contribution in [2.45, 2.75) is 39.0 Å². The number of fused-ring (bicyclic) bond motifs is 1. The largest absolute Gasteiger partial charge is 0.496 e. The number of aromatic amines is 1. The molecule has 0 radical (unpaired) electrons. The van der Waals surface area contributed by atoms with Crippen LogP contribution in [0.25, 0.3) is 10.9 Å². The maximum atomic E-state index is 12.5. The average Bonchev–Trinajstić information content (AvgIpc) is 3.41. The van der Waals surface area contributed by atoms with Crippen molar-refractivity contribution in [2.24, 2.45) is 0 Å². The van der Waals surface area contributed by atoms with Crippen molar-refractivity contribution in [1.29, 1.82) is 0 Å². The van der Waals surface area contributed by atoms with Gasteiger partial charge in [-0.3, -0.25) is 4.79 Å². The van der Waals surface area contributed by atoms with Crippen LogP contribution in [0.15, 0.2) is 81.9 Å². The Balaban J connectivity index is 1.79. The normalized spacial score (nSPS) is 11.9. The minimum absolute atomic E-state index is 0.119. The van der Waals surface area contributed by atoms with Crippen molar-refractivity contribution < 1.29 is 28.9 Å². The Bertz CT molecular complexity index is 1890. The smallest absolute Gasteiger partial charge is 0.337 e. The lowest BCUT2D eigenvalue weighted by atomic mass is 9.82. The molecule has 0 aliphatic heterocycles. The molecule has 5 rings (SSSR count). The van der Waals surface area contributed by atoms with Crippen LogP contribution >= 0.6 is 31.9 Å². The molecule has 4 aromatic carbocycles. The van der Waals surface area contributed by atoms with Crippen LogP contribution in [-0.4, -0.2) is 36.2 Å². The highest BCUT2D eigenvalue weighted by Gasteiger charge is 2.28. The quantitative estimate of drug-likeness (QED) is 0.139. The molecule has 7 nitrogen and oxygen atoms in total. The van der Waals surface area contributed by atoms with E-state index in [2.05, 4.69) is 75.8 Å². The van der Waals surface area contributed by atoms with Crippen LogP contribution in [0.1, 0.15) is 69.4 Å². The molecule has 0 fully saturated rings. The highest BCUT2D eigenvalue weighted by molar-refractivity contribution is 9.11. The van der Waals surface area contributed by atoms with Gasteiger partial charge in [-0.2, -0.15) is 0 Å². The molecule has 1 unspecified atom stereocenters. The minimum atomic E-state index is -0.920. The number of methoxy groups -OCH3 is 2. The summed E-state index contributed by atoms with van der Waals surface area (Å²) in [6.45, 7) is 6.25. The SMILES string of the molecule is COC(=O)c1ccc2[nH]cc(C(c3cccc(C)c3)c3cc(OC)c(C(C)C)cc3Oc3c(Br)cc(CC(=O)O)cc3Br)c2c1. The first-order chi connectivity index (χ1) is 21.5. The number of halogens is 2. The first-order valence-electron chi connectivity index (χ1n) is 14.4. The summed E-state index contributed by atoms with van der Waals surface area (Å²) in [7, 11) is 3.03. The zero-order chi connectivity index (χ0) is 32.4. The van der Waals surface area contributed by atoms with Gasteiger partial charge in [-0.05, 0) is 104 Å². The van der Waals surface area contributed by atoms with Crippen molar-refractivity contribution in [1.82, 2.24) is 4.98 Å². The summed E-state index contributed by atoms with van der Waals surface area (Å²) >= 11 is 7.23. The highest BCUT2D eigenvalue weighted by Crippen LogP contribution is 2.47. The monoisotopic (exact) mass is 733 g/mol. The fourth-order valence-corrected chi connectivity index (χ4v) is 7.08. The van der Waals surface area contributed by atoms with E-state index in [4.69, 9.17) is 14.2 Å². The summed E-state index contributed by atoms with van der Waals surface area (Å²) in [6.07, 6.45) is 1.85. The molecule has 0 bridgehead atoms. The van der Waals surface area contributed by atoms with Crippen LogP contribution in [0.2, 0.25) is 0 Å². The lowest BCUT2D eigenvalue weighted by Crippen LogP contribution is -2.08. The molecule has 5 aromatic rings. The van der Waals surface area contributed by atoms with E-state index in [1.807, 2.05) is 36.5 Å². The van der Waals surface area contributed by atoms with E-state index in [-0.39, 0.29) is 18.3 Å². The summed E-state index contributed by atoms with van der Waals surface area (Å²) in [5.74, 6) is 0.322. The van der Waals surface area contributed by atoms with Gasteiger partial charge in [0.15, 0.2) is 5.75 Å². The summed E-state index contributed by atoms with van der Waals surface area (Å²) in [4.78, 5) is 27.3. The number of carbonyl (C=O) groups is 2. The topological polar surface area (TPSA) is 97.9 Å².